The standard InChI is InChI=1S/C39H54ClN5O6/c1-29-25-45(26-30-11-13-31(14-12-30)34-10-6-8-19-42-34)37(41)28-51-35-16-15-32(24-33(35)39(47)44(2)27-36(29)48-3)43-38(46)17-21-50-23-22-49-20-9-5-4-7-18-40/h6,8,10-16,19,24,29,36-37H,4-5,7,9,17-18,20-23,25-28,41H2,1-3H3,(H,43,46)/t29-,36-,37+/m0/s1. The Balaban J connectivity index is 1.37. The van der Waals surface area contributed by atoms with E-state index in [1.165, 1.54) is 0 Å². The number of halogens is 1. The Morgan fingerprint density at radius 3 is 2.49 bits per heavy atom. The van der Waals surface area contributed by atoms with Gasteiger partial charge in [0, 0.05) is 63.7 Å². The molecular weight excluding hydrogens is 670 g/mol. The second kappa shape index (κ2) is 21.7. The normalized spacial score (nSPS) is 18.7. The lowest BCUT2D eigenvalue weighted by molar-refractivity contribution is -0.117. The Labute approximate surface area is 307 Å². The molecule has 3 N–H and O–H groups in total. The minimum Gasteiger partial charge on any atom is -0.490 e. The number of nitrogens with two attached hydrogens (primary N) is 1. The Hall–Kier alpha value is -3.58. The molecule has 1 aliphatic rings. The van der Waals surface area contributed by atoms with Gasteiger partial charge in [-0.15, -0.1) is 11.6 Å². The molecule has 1 aromatic heterocycles. The maximum atomic E-state index is 13.8. The van der Waals surface area contributed by atoms with Crippen LogP contribution in [0.25, 0.3) is 11.3 Å². The summed E-state index contributed by atoms with van der Waals surface area (Å²) in [6.45, 7) is 5.73. The van der Waals surface area contributed by atoms with Gasteiger partial charge in [0.15, 0.2) is 0 Å². The van der Waals surface area contributed by atoms with E-state index in [0.717, 1.165) is 42.5 Å². The number of likely N-dealkylation sites (N-methyl/N-ethyl adjacent to an activating group) is 1. The molecule has 0 saturated carbocycles. The molecule has 51 heavy (non-hydrogen) atoms. The van der Waals surface area contributed by atoms with Crippen LogP contribution in [0.15, 0.2) is 66.9 Å². The van der Waals surface area contributed by atoms with E-state index in [4.69, 9.17) is 36.3 Å². The lowest BCUT2D eigenvalue weighted by Crippen LogP contribution is -2.50. The molecule has 1 aliphatic heterocycles. The summed E-state index contributed by atoms with van der Waals surface area (Å²) < 4.78 is 23.3. The highest BCUT2D eigenvalue weighted by Gasteiger charge is 2.29. The molecular formula is C39H54ClN5O6. The zero-order valence-corrected chi connectivity index (χ0v) is 31.0. The van der Waals surface area contributed by atoms with E-state index in [2.05, 4.69) is 46.4 Å². The van der Waals surface area contributed by atoms with Gasteiger partial charge in [0.05, 0.1) is 49.8 Å². The van der Waals surface area contributed by atoms with E-state index in [0.29, 0.717) is 62.3 Å². The Morgan fingerprint density at radius 1 is 1.00 bits per heavy atom. The van der Waals surface area contributed by atoms with Crippen molar-refractivity contribution in [2.45, 2.75) is 57.8 Å². The van der Waals surface area contributed by atoms with Crippen LogP contribution in [-0.4, -0.2) is 105 Å². The van der Waals surface area contributed by atoms with Crippen molar-refractivity contribution in [2.75, 3.05) is 71.5 Å². The lowest BCUT2D eigenvalue weighted by Gasteiger charge is -2.36. The van der Waals surface area contributed by atoms with Crippen LogP contribution in [0.5, 0.6) is 5.75 Å². The number of rotatable bonds is 17. The fourth-order valence-corrected chi connectivity index (χ4v) is 6.13. The van der Waals surface area contributed by atoms with Gasteiger partial charge in [-0.1, -0.05) is 50.1 Å². The highest BCUT2D eigenvalue weighted by Crippen LogP contribution is 2.27. The van der Waals surface area contributed by atoms with Gasteiger partial charge < -0.3 is 34.9 Å². The SMILES string of the molecule is CO[C@H]1CN(C)C(=O)c2cc(NC(=O)CCOCCOCCCCCCCl)ccc2OC[C@H](N)N(Cc2ccc(-c3ccccn3)cc2)C[C@@H]1C. The molecule has 0 fully saturated rings. The minimum atomic E-state index is -0.466. The number of carbonyl (C=O) groups excluding carboxylic acids is 2. The highest BCUT2D eigenvalue weighted by atomic mass is 35.5. The van der Waals surface area contributed by atoms with Crippen LogP contribution in [0.3, 0.4) is 0 Å². The molecule has 12 heteroatoms. The van der Waals surface area contributed by atoms with Gasteiger partial charge in [0.25, 0.3) is 5.91 Å². The molecule has 0 radical (unpaired) electrons. The van der Waals surface area contributed by atoms with Crippen molar-refractivity contribution in [3.63, 3.8) is 0 Å². The van der Waals surface area contributed by atoms with Crippen LogP contribution < -0.4 is 15.8 Å². The average Bonchev–Trinajstić information content (AvgIpc) is 3.14. The highest BCUT2D eigenvalue weighted by molar-refractivity contribution is 6.17. The van der Waals surface area contributed by atoms with Crippen molar-refractivity contribution in [3.8, 4) is 17.0 Å². The van der Waals surface area contributed by atoms with Gasteiger partial charge >= 0.3 is 0 Å². The van der Waals surface area contributed by atoms with E-state index in [1.807, 2.05) is 18.2 Å². The maximum absolute atomic E-state index is 13.8. The van der Waals surface area contributed by atoms with Gasteiger partial charge in [0.2, 0.25) is 5.91 Å². The second-order valence-electron chi connectivity index (χ2n) is 13.0. The molecule has 278 valence electrons. The lowest BCUT2D eigenvalue weighted by atomic mass is 10.0. The Morgan fingerprint density at radius 2 is 1.76 bits per heavy atom. The fourth-order valence-electron chi connectivity index (χ4n) is 5.94. The summed E-state index contributed by atoms with van der Waals surface area (Å²) in [5, 5.41) is 2.89. The average molecular weight is 724 g/mol. The van der Waals surface area contributed by atoms with Crippen LogP contribution in [0.2, 0.25) is 0 Å². The first-order valence-corrected chi connectivity index (χ1v) is 18.4. The fraction of sp³-hybridized carbons (Fsp3) is 0.513. The number of amides is 2. The summed E-state index contributed by atoms with van der Waals surface area (Å²) >= 11 is 5.70. The van der Waals surface area contributed by atoms with Gasteiger partial charge in [0.1, 0.15) is 12.4 Å². The summed E-state index contributed by atoms with van der Waals surface area (Å²) in [6.07, 6.45) is 5.51. The molecule has 11 nitrogen and oxygen atoms in total. The predicted octanol–water partition coefficient (Wildman–Crippen LogP) is 5.81. The second-order valence-corrected chi connectivity index (χ2v) is 13.4. The molecule has 2 heterocycles. The van der Waals surface area contributed by atoms with Gasteiger partial charge in [-0.25, -0.2) is 0 Å². The van der Waals surface area contributed by atoms with Crippen molar-refractivity contribution in [2.24, 2.45) is 11.7 Å². The first kappa shape index (κ1) is 40.2. The van der Waals surface area contributed by atoms with Crippen LogP contribution >= 0.6 is 11.6 Å². The third kappa shape index (κ3) is 13.2. The number of unbranched alkanes of at least 4 members (excludes halogenated alkanes) is 3. The molecule has 4 rings (SSSR count). The first-order valence-electron chi connectivity index (χ1n) is 17.9. The van der Waals surface area contributed by atoms with Gasteiger partial charge in [-0.2, -0.15) is 0 Å². The molecule has 0 bridgehead atoms. The van der Waals surface area contributed by atoms with Crippen molar-refractivity contribution in [1.82, 2.24) is 14.8 Å². The number of ether oxygens (including phenoxy) is 4. The number of pyridine rings is 1. The van der Waals surface area contributed by atoms with Crippen LogP contribution in [-0.2, 0) is 25.5 Å². The zero-order chi connectivity index (χ0) is 36.4. The third-order valence-electron chi connectivity index (χ3n) is 8.95. The van der Waals surface area contributed by atoms with E-state index in [1.54, 1.807) is 43.5 Å². The molecule has 3 aromatic rings. The molecule has 2 amide bonds. The Kier molecular flexibility index (Phi) is 17.1. The summed E-state index contributed by atoms with van der Waals surface area (Å²) in [4.78, 5) is 34.8. The number of carbonyl (C=O) groups is 2. The quantitative estimate of drug-likeness (QED) is 0.131. The van der Waals surface area contributed by atoms with Crippen LogP contribution in [0.1, 0.15) is 54.9 Å². The smallest absolute Gasteiger partial charge is 0.257 e. The van der Waals surface area contributed by atoms with Crippen molar-refractivity contribution >= 4 is 29.1 Å². The van der Waals surface area contributed by atoms with Crippen molar-refractivity contribution < 1.29 is 28.5 Å². The maximum Gasteiger partial charge on any atom is 0.257 e. The third-order valence-corrected chi connectivity index (χ3v) is 9.22. The topological polar surface area (TPSA) is 128 Å². The summed E-state index contributed by atoms with van der Waals surface area (Å²) in [5.74, 6) is 0.687. The monoisotopic (exact) mass is 723 g/mol. The number of anilines is 1. The van der Waals surface area contributed by atoms with Crippen LogP contribution in [0.4, 0.5) is 5.69 Å². The minimum absolute atomic E-state index is 0.0497. The zero-order valence-electron chi connectivity index (χ0n) is 30.2. The number of nitrogens with one attached hydrogen (secondary N) is 1. The van der Waals surface area contributed by atoms with E-state index >= 15 is 0 Å². The number of hydrogen-bond donors (Lipinski definition) is 2. The number of fused-ring (bicyclic) bond motifs is 1. The Bertz CT molecular complexity index is 1480. The van der Waals surface area contributed by atoms with Crippen molar-refractivity contribution in [3.05, 3.63) is 78.0 Å². The number of aromatic nitrogens is 1. The number of hydrogen-bond acceptors (Lipinski definition) is 9. The number of methoxy groups -OCH3 is 1. The number of benzene rings is 2. The molecule has 0 unspecified atom stereocenters. The number of nitrogens with zero attached hydrogens (tertiary/aromatic N) is 3. The molecule has 0 saturated heterocycles. The largest absolute Gasteiger partial charge is 0.490 e. The molecule has 0 spiro atoms. The first-order chi connectivity index (χ1) is 24.8. The van der Waals surface area contributed by atoms with Crippen molar-refractivity contribution in [1.29, 1.82) is 0 Å². The summed E-state index contributed by atoms with van der Waals surface area (Å²) in [7, 11) is 3.41. The molecule has 2 aromatic carbocycles. The number of alkyl halides is 1. The molecule has 3 atom stereocenters. The summed E-state index contributed by atoms with van der Waals surface area (Å²) in [6, 6.07) is 19.3. The summed E-state index contributed by atoms with van der Waals surface area (Å²) in [5.41, 5.74) is 10.7. The van der Waals surface area contributed by atoms with E-state index in [9.17, 15) is 9.59 Å². The van der Waals surface area contributed by atoms with Gasteiger partial charge in [-0.3, -0.25) is 19.5 Å². The van der Waals surface area contributed by atoms with Gasteiger partial charge in [-0.05, 0) is 54.7 Å². The molecule has 0 aliphatic carbocycles. The van der Waals surface area contributed by atoms with Crippen LogP contribution in [0, 0.1) is 5.92 Å². The van der Waals surface area contributed by atoms with E-state index < -0.39 is 6.17 Å². The predicted molar refractivity (Wildman–Crippen MR) is 201 cm³/mol. The van der Waals surface area contributed by atoms with E-state index in [-0.39, 0.29) is 43.5 Å².